The highest BCUT2D eigenvalue weighted by atomic mass is 32.1. The smallest absolute Gasteiger partial charge is 0.139 e. The van der Waals surface area contributed by atoms with Crippen LogP contribution in [0.15, 0.2) is 30.3 Å². The van der Waals surface area contributed by atoms with Crippen LogP contribution in [0.2, 0.25) is 0 Å². The summed E-state index contributed by atoms with van der Waals surface area (Å²) in [5, 5.41) is 0. The number of hydrogen-bond donors (Lipinski definition) is 1. The Bertz CT molecular complexity index is 685. The van der Waals surface area contributed by atoms with Crippen LogP contribution in [0, 0.1) is 19.7 Å². The minimum absolute atomic E-state index is 0.231. The van der Waals surface area contributed by atoms with Crippen LogP contribution >= 0.6 is 12.2 Å². The molecule has 0 aliphatic heterocycles. The standard InChI is InChI=1S/C16H18FN3S/c1-10-8-11(2)19-16(14(10)15(18)21)20(3)9-12-6-4-5-7-13(12)17/h4-8H,9H2,1-3H3,(H2,18,21). The fraction of sp³-hybridized carbons (Fsp3) is 0.250. The van der Waals surface area contributed by atoms with Crippen LogP contribution < -0.4 is 10.6 Å². The van der Waals surface area contributed by atoms with Crippen LogP contribution in [-0.2, 0) is 6.54 Å². The molecule has 2 rings (SSSR count). The number of hydrogen-bond acceptors (Lipinski definition) is 3. The van der Waals surface area contributed by atoms with Gasteiger partial charge in [-0.3, -0.25) is 0 Å². The van der Waals surface area contributed by atoms with E-state index in [-0.39, 0.29) is 5.82 Å². The molecule has 0 bridgehead atoms. The molecule has 0 aliphatic rings. The molecule has 110 valence electrons. The van der Waals surface area contributed by atoms with Crippen molar-refractivity contribution < 1.29 is 4.39 Å². The molecule has 0 spiro atoms. The van der Waals surface area contributed by atoms with Crippen LogP contribution in [0.25, 0.3) is 0 Å². The minimum Gasteiger partial charge on any atom is -0.389 e. The normalized spacial score (nSPS) is 10.5. The Kier molecular flexibility index (Phi) is 4.53. The summed E-state index contributed by atoms with van der Waals surface area (Å²) in [6.45, 7) is 4.26. The Morgan fingerprint density at radius 3 is 2.62 bits per heavy atom. The minimum atomic E-state index is -0.231. The van der Waals surface area contributed by atoms with Crippen molar-refractivity contribution in [1.29, 1.82) is 0 Å². The van der Waals surface area contributed by atoms with Crippen molar-refractivity contribution in [3.8, 4) is 0 Å². The van der Waals surface area contributed by atoms with E-state index in [9.17, 15) is 4.39 Å². The molecule has 0 aliphatic carbocycles. The van der Waals surface area contributed by atoms with Crippen molar-refractivity contribution in [2.75, 3.05) is 11.9 Å². The summed E-state index contributed by atoms with van der Waals surface area (Å²) in [5.41, 5.74) is 9.02. The summed E-state index contributed by atoms with van der Waals surface area (Å²) in [6.07, 6.45) is 0. The van der Waals surface area contributed by atoms with Gasteiger partial charge in [0.2, 0.25) is 0 Å². The van der Waals surface area contributed by atoms with Gasteiger partial charge in [-0.05, 0) is 31.5 Å². The van der Waals surface area contributed by atoms with Crippen molar-refractivity contribution >= 4 is 23.0 Å². The van der Waals surface area contributed by atoms with Crippen molar-refractivity contribution in [3.05, 3.63) is 58.5 Å². The van der Waals surface area contributed by atoms with Gasteiger partial charge in [0.25, 0.3) is 0 Å². The summed E-state index contributed by atoms with van der Waals surface area (Å²) in [7, 11) is 1.86. The van der Waals surface area contributed by atoms with E-state index in [1.54, 1.807) is 12.1 Å². The van der Waals surface area contributed by atoms with Crippen LogP contribution in [0.1, 0.15) is 22.4 Å². The van der Waals surface area contributed by atoms with E-state index in [0.717, 1.165) is 16.8 Å². The molecule has 0 saturated heterocycles. The Balaban J connectivity index is 2.41. The van der Waals surface area contributed by atoms with E-state index in [1.165, 1.54) is 6.07 Å². The summed E-state index contributed by atoms with van der Waals surface area (Å²) in [6, 6.07) is 8.64. The number of aryl methyl sites for hydroxylation is 2. The zero-order chi connectivity index (χ0) is 15.6. The number of thiocarbonyl (C=S) groups is 1. The van der Waals surface area contributed by atoms with Gasteiger partial charge < -0.3 is 10.6 Å². The molecule has 1 heterocycles. The van der Waals surface area contributed by atoms with Gasteiger partial charge in [0, 0.05) is 24.8 Å². The second-order valence-electron chi connectivity index (χ2n) is 5.09. The van der Waals surface area contributed by atoms with Crippen molar-refractivity contribution in [2.45, 2.75) is 20.4 Å². The molecule has 0 atom stereocenters. The van der Waals surface area contributed by atoms with Crippen molar-refractivity contribution in [1.82, 2.24) is 4.98 Å². The van der Waals surface area contributed by atoms with E-state index in [2.05, 4.69) is 4.98 Å². The third kappa shape index (κ3) is 3.36. The van der Waals surface area contributed by atoms with Gasteiger partial charge in [-0.25, -0.2) is 9.37 Å². The highest BCUT2D eigenvalue weighted by molar-refractivity contribution is 7.80. The van der Waals surface area contributed by atoms with Crippen molar-refractivity contribution in [2.24, 2.45) is 5.73 Å². The fourth-order valence-corrected chi connectivity index (χ4v) is 2.61. The molecule has 1 aromatic carbocycles. The van der Waals surface area contributed by atoms with Crippen LogP contribution in [-0.4, -0.2) is 17.0 Å². The molecule has 3 nitrogen and oxygen atoms in total. The maximum atomic E-state index is 13.8. The summed E-state index contributed by atoms with van der Waals surface area (Å²) < 4.78 is 13.8. The molecule has 21 heavy (non-hydrogen) atoms. The summed E-state index contributed by atoms with van der Waals surface area (Å²) in [4.78, 5) is 6.69. The Morgan fingerprint density at radius 1 is 1.33 bits per heavy atom. The summed E-state index contributed by atoms with van der Waals surface area (Å²) >= 11 is 5.13. The maximum absolute atomic E-state index is 13.8. The van der Waals surface area contributed by atoms with E-state index in [0.29, 0.717) is 22.9 Å². The predicted molar refractivity (Wildman–Crippen MR) is 88.1 cm³/mol. The number of rotatable bonds is 4. The molecule has 2 N–H and O–H groups in total. The average molecular weight is 303 g/mol. The number of benzene rings is 1. The number of nitrogens with two attached hydrogens (primary N) is 1. The van der Waals surface area contributed by atoms with Gasteiger partial charge in [-0.15, -0.1) is 0 Å². The first-order valence-corrected chi connectivity index (χ1v) is 7.03. The second kappa shape index (κ2) is 6.18. The molecule has 0 saturated carbocycles. The zero-order valence-electron chi connectivity index (χ0n) is 12.4. The van der Waals surface area contributed by atoms with Gasteiger partial charge >= 0.3 is 0 Å². The molecule has 0 unspecified atom stereocenters. The van der Waals surface area contributed by atoms with Gasteiger partial charge in [-0.2, -0.15) is 0 Å². The van der Waals surface area contributed by atoms with Crippen LogP contribution in [0.3, 0.4) is 0 Å². The lowest BCUT2D eigenvalue weighted by molar-refractivity contribution is 0.607. The third-order valence-electron chi connectivity index (χ3n) is 3.30. The lowest BCUT2D eigenvalue weighted by atomic mass is 10.1. The molecule has 0 radical (unpaired) electrons. The van der Waals surface area contributed by atoms with Crippen LogP contribution in [0.4, 0.5) is 10.2 Å². The van der Waals surface area contributed by atoms with Gasteiger partial charge in [-0.1, -0.05) is 30.4 Å². The molecule has 0 amide bonds. The van der Waals surface area contributed by atoms with Crippen molar-refractivity contribution in [3.63, 3.8) is 0 Å². The van der Waals surface area contributed by atoms with E-state index < -0.39 is 0 Å². The molecular formula is C16H18FN3S. The highest BCUT2D eigenvalue weighted by Crippen LogP contribution is 2.23. The average Bonchev–Trinajstić information content (AvgIpc) is 2.39. The summed E-state index contributed by atoms with van der Waals surface area (Å²) in [5.74, 6) is 0.453. The Morgan fingerprint density at radius 2 is 2.00 bits per heavy atom. The fourth-order valence-electron chi connectivity index (χ4n) is 2.35. The van der Waals surface area contributed by atoms with Gasteiger partial charge in [0.05, 0.1) is 5.56 Å². The molecule has 2 aromatic rings. The molecular weight excluding hydrogens is 285 g/mol. The van der Waals surface area contributed by atoms with Gasteiger partial charge in [0.1, 0.15) is 16.6 Å². The van der Waals surface area contributed by atoms with Gasteiger partial charge in [0.15, 0.2) is 0 Å². The molecule has 5 heteroatoms. The number of anilines is 1. The maximum Gasteiger partial charge on any atom is 0.139 e. The molecule has 1 aromatic heterocycles. The van der Waals surface area contributed by atoms with E-state index >= 15 is 0 Å². The topological polar surface area (TPSA) is 42.1 Å². The Hall–Kier alpha value is -2.01. The molecule has 0 fully saturated rings. The predicted octanol–water partition coefficient (Wildman–Crippen LogP) is 3.11. The second-order valence-corrected chi connectivity index (χ2v) is 5.53. The largest absolute Gasteiger partial charge is 0.389 e. The number of nitrogens with zero attached hydrogens (tertiary/aromatic N) is 2. The highest BCUT2D eigenvalue weighted by Gasteiger charge is 2.16. The first-order valence-electron chi connectivity index (χ1n) is 6.62. The monoisotopic (exact) mass is 303 g/mol. The lowest BCUT2D eigenvalue weighted by Crippen LogP contribution is -2.24. The third-order valence-corrected chi connectivity index (χ3v) is 3.50. The number of halogens is 1. The first-order chi connectivity index (χ1) is 9.90. The van der Waals surface area contributed by atoms with Crippen LogP contribution in [0.5, 0.6) is 0 Å². The van der Waals surface area contributed by atoms with E-state index in [1.807, 2.05) is 37.9 Å². The lowest BCUT2D eigenvalue weighted by Gasteiger charge is -2.23. The Labute approximate surface area is 129 Å². The number of aromatic nitrogens is 1. The zero-order valence-corrected chi connectivity index (χ0v) is 13.2. The SMILES string of the molecule is Cc1cc(C)c(C(N)=S)c(N(C)Cc2ccccc2F)n1. The first kappa shape index (κ1) is 15.4. The van der Waals surface area contributed by atoms with E-state index in [4.69, 9.17) is 18.0 Å². The number of pyridine rings is 1. The quantitative estimate of drug-likeness (QED) is 0.881.